The quantitative estimate of drug-likeness (QED) is 0.750. The van der Waals surface area contributed by atoms with Crippen molar-refractivity contribution in [2.75, 3.05) is 0 Å². The Kier molecular flexibility index (Phi) is 4.63. The maximum atomic E-state index is 13.4. The third-order valence-electron chi connectivity index (χ3n) is 5.36. The lowest BCUT2D eigenvalue weighted by Crippen LogP contribution is -2.31. The van der Waals surface area contributed by atoms with E-state index >= 15 is 0 Å². The average Bonchev–Trinajstić information content (AvgIpc) is 2.50. The van der Waals surface area contributed by atoms with Crippen molar-refractivity contribution < 1.29 is 9.18 Å². The molecule has 0 bridgehead atoms. The third kappa shape index (κ3) is 3.48. The lowest BCUT2D eigenvalue weighted by molar-refractivity contribution is -0.124. The molecule has 0 heterocycles. The van der Waals surface area contributed by atoms with Crippen molar-refractivity contribution in [1.29, 1.82) is 0 Å². The van der Waals surface area contributed by atoms with Gasteiger partial charge < -0.3 is 0 Å². The monoisotopic (exact) mass is 308 g/mol. The van der Waals surface area contributed by atoms with E-state index in [1.807, 2.05) is 0 Å². The van der Waals surface area contributed by atoms with Gasteiger partial charge in [0.15, 0.2) is 0 Å². The smallest absolute Gasteiger partial charge is 0.142 e. The van der Waals surface area contributed by atoms with Crippen molar-refractivity contribution in [2.45, 2.75) is 51.4 Å². The topological polar surface area (TPSA) is 17.1 Å². The van der Waals surface area contributed by atoms with Crippen molar-refractivity contribution in [3.05, 3.63) is 34.6 Å². The van der Waals surface area contributed by atoms with Crippen molar-refractivity contribution >= 4 is 17.4 Å². The number of carbonyl (C=O) groups is 1. The minimum absolute atomic E-state index is 0.119. The Balaban J connectivity index is 1.61. The Morgan fingerprint density at radius 3 is 2.67 bits per heavy atom. The summed E-state index contributed by atoms with van der Waals surface area (Å²) in [5, 5.41) is 0.119. The molecule has 21 heavy (non-hydrogen) atoms. The van der Waals surface area contributed by atoms with Crippen molar-refractivity contribution in [3.8, 4) is 0 Å². The number of benzene rings is 1. The molecule has 0 aliphatic heterocycles. The molecule has 0 radical (unpaired) electrons. The minimum Gasteiger partial charge on any atom is -0.299 e. The molecule has 2 aliphatic rings. The van der Waals surface area contributed by atoms with Crippen LogP contribution in [0.5, 0.6) is 0 Å². The van der Waals surface area contributed by atoms with E-state index in [-0.39, 0.29) is 16.7 Å². The molecule has 1 aromatic carbocycles. The number of carbonyl (C=O) groups excluding carboxylic acids is 1. The standard InChI is InChI=1S/C18H22ClFO/c19-16-8-5-12(9-17(16)20)10-18(21)15-7-6-13-3-1-2-4-14(13)11-15/h5,8-9,13-15H,1-4,6-7,10-11H2. The molecule has 2 fully saturated rings. The molecule has 1 nitrogen and oxygen atoms in total. The van der Waals surface area contributed by atoms with Gasteiger partial charge >= 0.3 is 0 Å². The maximum Gasteiger partial charge on any atom is 0.142 e. The van der Waals surface area contributed by atoms with Gasteiger partial charge in [0.1, 0.15) is 11.6 Å². The lowest BCUT2D eigenvalue weighted by Gasteiger charge is -2.38. The van der Waals surface area contributed by atoms with E-state index in [9.17, 15) is 9.18 Å². The van der Waals surface area contributed by atoms with Crippen molar-refractivity contribution in [1.82, 2.24) is 0 Å². The van der Waals surface area contributed by atoms with E-state index in [0.29, 0.717) is 6.42 Å². The first kappa shape index (κ1) is 15.0. The predicted octanol–water partition coefficient (Wildman–Crippen LogP) is 5.20. The van der Waals surface area contributed by atoms with E-state index < -0.39 is 5.82 Å². The Hall–Kier alpha value is -0.890. The SMILES string of the molecule is O=C(Cc1ccc(Cl)c(F)c1)C1CCC2CCCCC2C1. The van der Waals surface area contributed by atoms with E-state index in [1.54, 1.807) is 6.07 Å². The molecule has 2 saturated carbocycles. The van der Waals surface area contributed by atoms with Crippen LogP contribution in [0, 0.1) is 23.6 Å². The fourth-order valence-electron chi connectivity index (χ4n) is 4.16. The number of hydrogen-bond donors (Lipinski definition) is 0. The molecule has 3 heteroatoms. The fraction of sp³-hybridized carbons (Fsp3) is 0.611. The number of halogens is 2. The van der Waals surface area contributed by atoms with Gasteiger partial charge in [-0.05, 0) is 48.8 Å². The van der Waals surface area contributed by atoms with Crippen LogP contribution in [0.2, 0.25) is 5.02 Å². The molecular formula is C18H22ClFO. The molecule has 0 spiro atoms. The molecule has 0 amide bonds. The highest BCUT2D eigenvalue weighted by molar-refractivity contribution is 6.30. The first-order valence-electron chi connectivity index (χ1n) is 8.10. The molecule has 3 unspecified atom stereocenters. The van der Waals surface area contributed by atoms with Crippen molar-refractivity contribution in [2.24, 2.45) is 17.8 Å². The number of Topliss-reactive ketones (excluding diaryl/α,β-unsaturated/α-hetero) is 1. The molecule has 2 aliphatic carbocycles. The maximum absolute atomic E-state index is 13.4. The molecule has 3 rings (SSSR count). The number of ketones is 1. The molecule has 0 N–H and O–H groups in total. The molecule has 0 aromatic heterocycles. The highest BCUT2D eigenvalue weighted by Crippen LogP contribution is 2.43. The number of hydrogen-bond acceptors (Lipinski definition) is 1. The summed E-state index contributed by atoms with van der Waals surface area (Å²) >= 11 is 5.68. The van der Waals surface area contributed by atoms with Gasteiger partial charge in [0.2, 0.25) is 0 Å². The summed E-state index contributed by atoms with van der Waals surface area (Å²) in [5.41, 5.74) is 0.743. The Morgan fingerprint density at radius 2 is 1.90 bits per heavy atom. The zero-order chi connectivity index (χ0) is 14.8. The highest BCUT2D eigenvalue weighted by Gasteiger charge is 2.34. The van der Waals surface area contributed by atoms with Crippen LogP contribution in [0.3, 0.4) is 0 Å². The zero-order valence-electron chi connectivity index (χ0n) is 12.3. The van der Waals surface area contributed by atoms with Crippen LogP contribution in [0.25, 0.3) is 0 Å². The summed E-state index contributed by atoms with van der Waals surface area (Å²) in [6.45, 7) is 0. The Labute approximate surface area is 130 Å². The summed E-state index contributed by atoms with van der Waals surface area (Å²) in [6, 6.07) is 4.69. The van der Waals surface area contributed by atoms with Gasteiger partial charge in [-0.3, -0.25) is 4.79 Å². The van der Waals surface area contributed by atoms with Crippen LogP contribution in [-0.2, 0) is 11.2 Å². The van der Waals surface area contributed by atoms with Crippen LogP contribution in [0.4, 0.5) is 4.39 Å². The highest BCUT2D eigenvalue weighted by atomic mass is 35.5. The van der Waals surface area contributed by atoms with Crippen LogP contribution in [0.1, 0.15) is 50.5 Å². The van der Waals surface area contributed by atoms with Crippen LogP contribution < -0.4 is 0 Å². The summed E-state index contributed by atoms with van der Waals surface area (Å²) in [6.07, 6.45) is 8.97. The van der Waals surface area contributed by atoms with Crippen LogP contribution in [0.15, 0.2) is 18.2 Å². The summed E-state index contributed by atoms with van der Waals surface area (Å²) in [4.78, 5) is 12.5. The molecule has 3 atom stereocenters. The van der Waals surface area contributed by atoms with Crippen LogP contribution in [-0.4, -0.2) is 5.78 Å². The summed E-state index contributed by atoms with van der Waals surface area (Å²) in [5.74, 6) is 1.64. The Bertz CT molecular complexity index is 528. The zero-order valence-corrected chi connectivity index (χ0v) is 13.0. The molecule has 1 aromatic rings. The minimum atomic E-state index is -0.432. The van der Waals surface area contributed by atoms with Gasteiger partial charge in [-0.15, -0.1) is 0 Å². The van der Waals surface area contributed by atoms with Gasteiger partial charge in [-0.1, -0.05) is 43.4 Å². The van der Waals surface area contributed by atoms with Crippen molar-refractivity contribution in [3.63, 3.8) is 0 Å². The molecular weight excluding hydrogens is 287 g/mol. The van der Waals surface area contributed by atoms with Gasteiger partial charge in [0.25, 0.3) is 0 Å². The first-order valence-corrected chi connectivity index (χ1v) is 8.48. The fourth-order valence-corrected chi connectivity index (χ4v) is 4.28. The normalized spacial score (nSPS) is 29.0. The summed E-state index contributed by atoms with van der Waals surface area (Å²) in [7, 11) is 0. The summed E-state index contributed by atoms with van der Waals surface area (Å²) < 4.78 is 13.4. The number of fused-ring (bicyclic) bond motifs is 1. The second-order valence-electron chi connectivity index (χ2n) is 6.71. The largest absolute Gasteiger partial charge is 0.299 e. The average molecular weight is 309 g/mol. The van der Waals surface area contributed by atoms with Gasteiger partial charge in [0, 0.05) is 12.3 Å². The van der Waals surface area contributed by atoms with Gasteiger partial charge in [0.05, 0.1) is 5.02 Å². The van der Waals surface area contributed by atoms with Gasteiger partial charge in [-0.25, -0.2) is 4.39 Å². The molecule has 0 saturated heterocycles. The Morgan fingerprint density at radius 1 is 1.14 bits per heavy atom. The van der Waals surface area contributed by atoms with E-state index in [0.717, 1.165) is 30.2 Å². The second kappa shape index (κ2) is 6.48. The van der Waals surface area contributed by atoms with Gasteiger partial charge in [-0.2, -0.15) is 0 Å². The van der Waals surface area contributed by atoms with E-state index in [2.05, 4.69) is 0 Å². The first-order chi connectivity index (χ1) is 10.1. The predicted molar refractivity (Wildman–Crippen MR) is 82.9 cm³/mol. The van der Waals surface area contributed by atoms with E-state index in [1.165, 1.54) is 44.2 Å². The second-order valence-corrected chi connectivity index (χ2v) is 7.11. The van der Waals surface area contributed by atoms with E-state index in [4.69, 9.17) is 11.6 Å². The van der Waals surface area contributed by atoms with Crippen LogP contribution >= 0.6 is 11.6 Å². The number of rotatable bonds is 3. The molecule has 114 valence electrons. The third-order valence-corrected chi connectivity index (χ3v) is 5.66. The lowest BCUT2D eigenvalue weighted by atomic mass is 9.66.